The zero-order valence-electron chi connectivity index (χ0n) is 23.7. The molecule has 0 atom stereocenters. The molecule has 39 heavy (non-hydrogen) atoms. The predicted molar refractivity (Wildman–Crippen MR) is 160 cm³/mol. The van der Waals surface area contributed by atoms with Gasteiger partial charge in [0, 0.05) is 16.9 Å². The highest BCUT2D eigenvalue weighted by Gasteiger charge is 2.08. The molecule has 2 aromatic carbocycles. The summed E-state index contributed by atoms with van der Waals surface area (Å²) < 4.78 is 8.04. The maximum absolute atomic E-state index is 12.5. The van der Waals surface area contributed by atoms with Crippen molar-refractivity contribution in [3.63, 3.8) is 0 Å². The molecule has 0 aliphatic heterocycles. The van der Waals surface area contributed by atoms with E-state index in [-0.39, 0.29) is 23.0 Å². The van der Waals surface area contributed by atoms with Gasteiger partial charge < -0.3 is 32.4 Å². The molecule has 5 nitrogen and oxygen atoms in total. The summed E-state index contributed by atoms with van der Waals surface area (Å²) in [5.74, 6) is 0.841. The Morgan fingerprint density at radius 3 is 2.05 bits per heavy atom. The standard InChI is InChI=1S/C32H45N3O2S.BrH/c1-3-4-5-6-7-8-9-10-11-12-13-14-22-37-31-20-18-29(19-21-31)33-32(36)34-30-17-15-16-28(23-30)25-35-24-27(2)38-26-35;/h15-21,23-24,26H,3-14,22,25H2,1-2H3,(H-,33,34,36);1H. The van der Waals surface area contributed by atoms with Gasteiger partial charge in [-0.3, -0.25) is 0 Å². The molecule has 0 bridgehead atoms. The Balaban J connectivity index is 0.00000533. The number of halogens is 1. The Hall–Kier alpha value is -2.38. The van der Waals surface area contributed by atoms with Crippen LogP contribution in [-0.2, 0) is 6.54 Å². The Morgan fingerprint density at radius 2 is 1.44 bits per heavy atom. The van der Waals surface area contributed by atoms with Gasteiger partial charge in [0.1, 0.15) is 5.75 Å². The van der Waals surface area contributed by atoms with Crippen LogP contribution in [0.25, 0.3) is 0 Å². The second-order valence-electron chi connectivity index (χ2n) is 10.2. The summed E-state index contributed by atoms with van der Waals surface area (Å²) in [5, 5.41) is 5.83. The number of nitrogens with zero attached hydrogens (tertiary/aromatic N) is 1. The number of amides is 2. The number of anilines is 2. The first kappa shape index (κ1) is 32.8. The number of benzene rings is 2. The molecule has 2 N–H and O–H groups in total. The highest BCUT2D eigenvalue weighted by Crippen LogP contribution is 2.18. The lowest BCUT2D eigenvalue weighted by Gasteiger charge is -2.10. The van der Waals surface area contributed by atoms with Crippen LogP contribution >= 0.6 is 11.3 Å². The largest absolute Gasteiger partial charge is 1.00 e. The van der Waals surface area contributed by atoms with Gasteiger partial charge in [-0.15, -0.1) is 0 Å². The summed E-state index contributed by atoms with van der Waals surface area (Å²) >= 11 is 1.73. The fraction of sp³-hybridized carbons (Fsp3) is 0.500. The first-order valence-electron chi connectivity index (χ1n) is 14.5. The van der Waals surface area contributed by atoms with Crippen LogP contribution in [-0.4, -0.2) is 12.6 Å². The average Bonchev–Trinajstić information content (AvgIpc) is 3.32. The number of unbranched alkanes of at least 4 members (excludes halogenated alkanes) is 11. The summed E-state index contributed by atoms with van der Waals surface area (Å²) in [4.78, 5) is 13.8. The molecule has 0 radical (unpaired) electrons. The number of nitrogens with one attached hydrogen (secondary N) is 2. The van der Waals surface area contributed by atoms with Crippen LogP contribution < -0.4 is 36.9 Å². The lowest BCUT2D eigenvalue weighted by Crippen LogP contribution is -3.00. The van der Waals surface area contributed by atoms with E-state index in [0.717, 1.165) is 42.3 Å². The number of ether oxygens (including phenoxy) is 1. The molecule has 3 rings (SSSR count). The van der Waals surface area contributed by atoms with Gasteiger partial charge in [0.25, 0.3) is 0 Å². The van der Waals surface area contributed by atoms with Crippen molar-refractivity contribution in [2.24, 2.45) is 0 Å². The normalized spacial score (nSPS) is 10.6. The van der Waals surface area contributed by atoms with Crippen LogP contribution in [0.3, 0.4) is 0 Å². The van der Waals surface area contributed by atoms with Crippen LogP contribution in [0.1, 0.15) is 94.4 Å². The van der Waals surface area contributed by atoms with Gasteiger partial charge in [-0.1, -0.05) is 101 Å². The Kier molecular flexibility index (Phi) is 16.5. The molecule has 1 aromatic heterocycles. The number of rotatable bonds is 18. The van der Waals surface area contributed by atoms with E-state index in [1.807, 2.05) is 42.5 Å². The third-order valence-electron chi connectivity index (χ3n) is 6.65. The second kappa shape index (κ2) is 19.6. The van der Waals surface area contributed by atoms with Crippen molar-refractivity contribution in [3.8, 4) is 5.75 Å². The van der Waals surface area contributed by atoms with Crippen molar-refractivity contribution in [2.45, 2.75) is 97.4 Å². The molecule has 0 fully saturated rings. The quantitative estimate of drug-likeness (QED) is 0.134. The van der Waals surface area contributed by atoms with E-state index >= 15 is 0 Å². The molecule has 0 unspecified atom stereocenters. The van der Waals surface area contributed by atoms with Gasteiger partial charge in [0.2, 0.25) is 5.51 Å². The van der Waals surface area contributed by atoms with E-state index < -0.39 is 0 Å². The summed E-state index contributed by atoms with van der Waals surface area (Å²) in [6.07, 6.45) is 18.2. The number of hydrogen-bond acceptors (Lipinski definition) is 3. The van der Waals surface area contributed by atoms with Gasteiger partial charge in [-0.05, 0) is 49.7 Å². The van der Waals surface area contributed by atoms with Gasteiger partial charge in [-0.2, -0.15) is 4.57 Å². The predicted octanol–water partition coefficient (Wildman–Crippen LogP) is 6.12. The van der Waals surface area contributed by atoms with Crippen LogP contribution in [0.4, 0.5) is 16.2 Å². The minimum atomic E-state index is -0.258. The number of urea groups is 1. The highest BCUT2D eigenvalue weighted by molar-refractivity contribution is 7.09. The minimum Gasteiger partial charge on any atom is -1.00 e. The molecule has 3 aromatic rings. The number of hydrogen-bond donors (Lipinski definition) is 2. The van der Waals surface area contributed by atoms with Crippen molar-refractivity contribution in [1.82, 2.24) is 0 Å². The van der Waals surface area contributed by atoms with Crippen LogP contribution in [0.5, 0.6) is 5.75 Å². The van der Waals surface area contributed by atoms with Crippen molar-refractivity contribution in [2.75, 3.05) is 17.2 Å². The van der Waals surface area contributed by atoms with E-state index in [1.54, 1.807) is 11.3 Å². The number of aryl methyl sites for hydroxylation is 1. The number of aromatic nitrogens is 1. The molecule has 0 aliphatic rings. The summed E-state index contributed by atoms with van der Waals surface area (Å²) in [6, 6.07) is 15.3. The Morgan fingerprint density at radius 1 is 0.821 bits per heavy atom. The third kappa shape index (κ3) is 14.0. The first-order valence-corrected chi connectivity index (χ1v) is 15.3. The molecule has 0 spiro atoms. The van der Waals surface area contributed by atoms with E-state index in [4.69, 9.17) is 4.74 Å². The van der Waals surface area contributed by atoms with Crippen molar-refractivity contribution < 1.29 is 31.1 Å². The Bertz CT molecular complexity index is 1070. The van der Waals surface area contributed by atoms with Crippen LogP contribution in [0.15, 0.2) is 60.2 Å². The monoisotopic (exact) mass is 615 g/mol. The lowest BCUT2D eigenvalue weighted by atomic mass is 10.1. The number of carbonyl (C=O) groups is 1. The van der Waals surface area contributed by atoms with Crippen LogP contribution in [0, 0.1) is 6.92 Å². The molecule has 1 heterocycles. The van der Waals surface area contributed by atoms with Crippen molar-refractivity contribution >= 4 is 28.7 Å². The average molecular weight is 617 g/mol. The lowest BCUT2D eigenvalue weighted by molar-refractivity contribution is -0.683. The maximum atomic E-state index is 12.5. The first-order chi connectivity index (χ1) is 18.6. The molecule has 2 amide bonds. The topological polar surface area (TPSA) is 54.2 Å². The molecular formula is C32H46BrN3O2S. The van der Waals surface area contributed by atoms with E-state index in [2.05, 4.69) is 46.8 Å². The van der Waals surface area contributed by atoms with E-state index in [1.165, 1.54) is 75.5 Å². The number of carbonyl (C=O) groups excluding carboxylic acids is 1. The van der Waals surface area contributed by atoms with Gasteiger partial charge in [0.15, 0.2) is 12.7 Å². The third-order valence-corrected chi connectivity index (χ3v) is 7.50. The minimum absolute atomic E-state index is 0. The molecule has 0 aliphatic carbocycles. The van der Waals surface area contributed by atoms with E-state index in [9.17, 15) is 4.79 Å². The summed E-state index contributed by atoms with van der Waals surface area (Å²) in [6.45, 7) is 5.89. The highest BCUT2D eigenvalue weighted by atomic mass is 79.9. The zero-order chi connectivity index (χ0) is 26.8. The summed E-state index contributed by atoms with van der Waals surface area (Å²) in [5.41, 5.74) is 4.75. The fourth-order valence-corrected chi connectivity index (χ4v) is 5.18. The van der Waals surface area contributed by atoms with Crippen LogP contribution in [0.2, 0.25) is 0 Å². The smallest absolute Gasteiger partial charge is 0.323 e. The molecule has 214 valence electrons. The van der Waals surface area contributed by atoms with Gasteiger partial charge in [0.05, 0.1) is 11.5 Å². The Labute approximate surface area is 250 Å². The molecule has 0 saturated heterocycles. The molecule has 7 heteroatoms. The number of thiazole rings is 1. The van der Waals surface area contributed by atoms with Crippen molar-refractivity contribution in [3.05, 3.63) is 70.7 Å². The van der Waals surface area contributed by atoms with E-state index in [0.29, 0.717) is 0 Å². The SMILES string of the molecule is CCCCCCCCCCCCCCOc1ccc(NC(=O)Nc2cccc(C[n+]3csc(C)c3)c2)cc1.[Br-]. The second-order valence-corrected chi connectivity index (χ2v) is 11.3. The molecule has 0 saturated carbocycles. The maximum Gasteiger partial charge on any atom is 0.323 e. The molecular weight excluding hydrogens is 570 g/mol. The summed E-state index contributed by atoms with van der Waals surface area (Å²) in [7, 11) is 0. The van der Waals surface area contributed by atoms with Crippen molar-refractivity contribution in [1.29, 1.82) is 0 Å². The van der Waals surface area contributed by atoms with Gasteiger partial charge in [-0.25, -0.2) is 4.79 Å². The van der Waals surface area contributed by atoms with Gasteiger partial charge >= 0.3 is 6.03 Å². The fourth-order valence-electron chi connectivity index (χ4n) is 4.55. The zero-order valence-corrected chi connectivity index (χ0v) is 26.1.